The molecule has 2 atom stereocenters. The molecule has 0 aliphatic carbocycles. The smallest absolute Gasteiger partial charge is 0.225 e. The molecule has 2 saturated heterocycles. The van der Waals surface area contributed by atoms with Gasteiger partial charge in [-0.3, -0.25) is 4.79 Å². The zero-order valence-electron chi connectivity index (χ0n) is 12.2. The van der Waals surface area contributed by atoms with Gasteiger partial charge in [0.25, 0.3) is 0 Å². The minimum Gasteiger partial charge on any atom is -0.381 e. The molecular formula is C14H18N6O2. The van der Waals surface area contributed by atoms with E-state index in [1.54, 1.807) is 10.8 Å². The highest BCUT2D eigenvalue weighted by atomic mass is 16.5. The molecule has 2 fully saturated rings. The van der Waals surface area contributed by atoms with Crippen LogP contribution in [0.25, 0.3) is 5.65 Å². The van der Waals surface area contributed by atoms with E-state index in [9.17, 15) is 4.79 Å². The molecule has 8 heteroatoms. The van der Waals surface area contributed by atoms with Gasteiger partial charge in [0, 0.05) is 25.7 Å². The van der Waals surface area contributed by atoms with Crippen LogP contribution in [-0.2, 0) is 9.53 Å². The van der Waals surface area contributed by atoms with Crippen molar-refractivity contribution in [1.29, 1.82) is 0 Å². The highest BCUT2D eigenvalue weighted by Crippen LogP contribution is 2.19. The second kappa shape index (κ2) is 5.53. The SMILES string of the molecule is O=C(N[C@H]1CCN(c2ccc3nncn3n2)C1)[C@@H]1CCOC1. The van der Waals surface area contributed by atoms with E-state index >= 15 is 0 Å². The lowest BCUT2D eigenvalue weighted by Gasteiger charge is -2.18. The Bertz CT molecular complexity index is 681. The highest BCUT2D eigenvalue weighted by Gasteiger charge is 2.29. The van der Waals surface area contributed by atoms with Gasteiger partial charge in [-0.15, -0.1) is 15.3 Å². The summed E-state index contributed by atoms with van der Waals surface area (Å²) in [4.78, 5) is 14.3. The van der Waals surface area contributed by atoms with Crippen molar-refractivity contribution in [2.45, 2.75) is 18.9 Å². The predicted octanol–water partition coefficient (Wildman–Crippen LogP) is -0.144. The molecule has 4 rings (SSSR count). The summed E-state index contributed by atoms with van der Waals surface area (Å²) in [5.74, 6) is 1.01. The molecule has 1 N–H and O–H groups in total. The molecule has 2 aliphatic rings. The molecule has 2 aromatic heterocycles. The van der Waals surface area contributed by atoms with Crippen LogP contribution in [0.3, 0.4) is 0 Å². The van der Waals surface area contributed by atoms with Gasteiger partial charge in [0.2, 0.25) is 5.91 Å². The molecule has 22 heavy (non-hydrogen) atoms. The lowest BCUT2D eigenvalue weighted by atomic mass is 10.1. The summed E-state index contributed by atoms with van der Waals surface area (Å²) in [7, 11) is 0. The summed E-state index contributed by atoms with van der Waals surface area (Å²) in [6.07, 6.45) is 3.35. The third-order valence-corrected chi connectivity index (χ3v) is 4.31. The Morgan fingerprint density at radius 3 is 3.18 bits per heavy atom. The molecule has 2 aliphatic heterocycles. The van der Waals surface area contributed by atoms with Crippen molar-refractivity contribution in [2.75, 3.05) is 31.2 Å². The molecule has 0 saturated carbocycles. The van der Waals surface area contributed by atoms with Gasteiger partial charge in [-0.1, -0.05) is 0 Å². The number of amides is 1. The molecule has 0 spiro atoms. The molecule has 0 aromatic carbocycles. The number of rotatable bonds is 3. The maximum absolute atomic E-state index is 12.1. The lowest BCUT2D eigenvalue weighted by Crippen LogP contribution is -2.40. The molecule has 0 radical (unpaired) electrons. The topological polar surface area (TPSA) is 84.7 Å². The average molecular weight is 302 g/mol. The van der Waals surface area contributed by atoms with E-state index in [0.717, 1.165) is 37.4 Å². The van der Waals surface area contributed by atoms with Crippen molar-refractivity contribution in [3.63, 3.8) is 0 Å². The Kier molecular flexibility index (Phi) is 3.38. The Labute approximate surface area is 127 Å². The van der Waals surface area contributed by atoms with Crippen molar-refractivity contribution in [3.8, 4) is 0 Å². The Balaban J connectivity index is 1.40. The van der Waals surface area contributed by atoms with Crippen molar-refractivity contribution in [3.05, 3.63) is 18.5 Å². The minimum absolute atomic E-state index is 0.0144. The van der Waals surface area contributed by atoms with Crippen LogP contribution in [0.1, 0.15) is 12.8 Å². The fraction of sp³-hybridized carbons (Fsp3) is 0.571. The molecular weight excluding hydrogens is 284 g/mol. The van der Waals surface area contributed by atoms with Gasteiger partial charge in [-0.05, 0) is 25.0 Å². The van der Waals surface area contributed by atoms with Gasteiger partial charge in [0.1, 0.15) is 12.1 Å². The fourth-order valence-electron chi connectivity index (χ4n) is 3.03. The Morgan fingerprint density at radius 1 is 1.36 bits per heavy atom. The summed E-state index contributed by atoms with van der Waals surface area (Å²) < 4.78 is 6.93. The Hall–Kier alpha value is -2.22. The molecule has 2 aromatic rings. The van der Waals surface area contributed by atoms with Crippen LogP contribution < -0.4 is 10.2 Å². The summed E-state index contributed by atoms with van der Waals surface area (Å²) in [5.41, 5.74) is 0.731. The summed E-state index contributed by atoms with van der Waals surface area (Å²) in [6.45, 7) is 2.90. The summed E-state index contributed by atoms with van der Waals surface area (Å²) >= 11 is 0. The number of carbonyl (C=O) groups is 1. The van der Waals surface area contributed by atoms with E-state index < -0.39 is 0 Å². The van der Waals surface area contributed by atoms with Crippen molar-refractivity contribution >= 4 is 17.4 Å². The number of carbonyl (C=O) groups excluding carboxylic acids is 1. The van der Waals surface area contributed by atoms with Crippen molar-refractivity contribution in [1.82, 2.24) is 25.1 Å². The normalized spacial score (nSPS) is 25.0. The number of hydrogen-bond acceptors (Lipinski definition) is 6. The maximum Gasteiger partial charge on any atom is 0.225 e. The number of nitrogens with one attached hydrogen (secondary N) is 1. The molecule has 0 unspecified atom stereocenters. The van der Waals surface area contributed by atoms with E-state index in [1.165, 1.54) is 0 Å². The van der Waals surface area contributed by atoms with E-state index in [1.807, 2.05) is 12.1 Å². The highest BCUT2D eigenvalue weighted by molar-refractivity contribution is 5.79. The standard InChI is InChI=1S/C14H18N6O2/c21-14(10-4-6-22-8-10)16-11-3-5-19(7-11)13-2-1-12-17-15-9-20(12)18-13/h1-2,9-11H,3-8H2,(H,16,21)/t10-,11+/m1/s1. The van der Waals surface area contributed by atoms with Gasteiger partial charge >= 0.3 is 0 Å². The van der Waals surface area contributed by atoms with Crippen LogP contribution in [0.15, 0.2) is 18.5 Å². The van der Waals surface area contributed by atoms with Gasteiger partial charge in [0.05, 0.1) is 12.5 Å². The van der Waals surface area contributed by atoms with E-state index in [-0.39, 0.29) is 17.9 Å². The molecule has 4 heterocycles. The van der Waals surface area contributed by atoms with Gasteiger partial charge in [-0.25, -0.2) is 0 Å². The number of fused-ring (bicyclic) bond motifs is 1. The van der Waals surface area contributed by atoms with Crippen molar-refractivity contribution in [2.24, 2.45) is 5.92 Å². The van der Waals surface area contributed by atoms with Crippen LogP contribution in [0.5, 0.6) is 0 Å². The first-order chi connectivity index (χ1) is 10.8. The first-order valence-electron chi connectivity index (χ1n) is 7.60. The average Bonchev–Trinajstić information content (AvgIpc) is 3.27. The van der Waals surface area contributed by atoms with Gasteiger partial charge < -0.3 is 15.0 Å². The third kappa shape index (κ3) is 2.50. The number of anilines is 1. The molecule has 8 nitrogen and oxygen atoms in total. The Morgan fingerprint density at radius 2 is 2.32 bits per heavy atom. The first-order valence-corrected chi connectivity index (χ1v) is 7.60. The van der Waals surface area contributed by atoms with E-state index in [0.29, 0.717) is 13.2 Å². The third-order valence-electron chi connectivity index (χ3n) is 4.31. The molecule has 0 bridgehead atoms. The maximum atomic E-state index is 12.1. The minimum atomic E-state index is 0.0144. The van der Waals surface area contributed by atoms with E-state index in [2.05, 4.69) is 25.5 Å². The first kappa shape index (κ1) is 13.4. The number of nitrogens with zero attached hydrogens (tertiary/aromatic N) is 5. The molecule has 1 amide bonds. The lowest BCUT2D eigenvalue weighted by molar-refractivity contribution is -0.125. The second-order valence-electron chi connectivity index (χ2n) is 5.83. The zero-order valence-corrected chi connectivity index (χ0v) is 12.2. The quantitative estimate of drug-likeness (QED) is 0.849. The predicted molar refractivity (Wildman–Crippen MR) is 78.5 cm³/mol. The second-order valence-corrected chi connectivity index (χ2v) is 5.83. The van der Waals surface area contributed by atoms with Crippen LogP contribution in [-0.4, -0.2) is 58.1 Å². The van der Waals surface area contributed by atoms with Crippen LogP contribution >= 0.6 is 0 Å². The molecule has 116 valence electrons. The largest absolute Gasteiger partial charge is 0.381 e. The summed E-state index contributed by atoms with van der Waals surface area (Å²) in [6, 6.07) is 4.02. The number of ether oxygens (including phenoxy) is 1. The van der Waals surface area contributed by atoms with E-state index in [4.69, 9.17) is 4.74 Å². The zero-order chi connectivity index (χ0) is 14.9. The van der Waals surface area contributed by atoms with Crippen LogP contribution in [0.4, 0.5) is 5.82 Å². The monoisotopic (exact) mass is 302 g/mol. The fourth-order valence-corrected chi connectivity index (χ4v) is 3.03. The number of aromatic nitrogens is 4. The van der Waals surface area contributed by atoms with Gasteiger partial charge in [-0.2, -0.15) is 4.52 Å². The summed E-state index contributed by atoms with van der Waals surface area (Å²) in [5, 5.41) is 15.4. The van der Waals surface area contributed by atoms with Crippen LogP contribution in [0, 0.1) is 5.92 Å². The van der Waals surface area contributed by atoms with Crippen molar-refractivity contribution < 1.29 is 9.53 Å². The van der Waals surface area contributed by atoms with Crippen LogP contribution in [0.2, 0.25) is 0 Å². The number of hydrogen-bond donors (Lipinski definition) is 1. The van der Waals surface area contributed by atoms with Gasteiger partial charge in [0.15, 0.2) is 5.65 Å².